The molecule has 0 saturated heterocycles. The van der Waals surface area contributed by atoms with Crippen molar-refractivity contribution in [1.82, 2.24) is 9.78 Å². The molecular formula is C19H16ClN5O5. The van der Waals surface area contributed by atoms with Crippen LogP contribution < -0.4 is 5.32 Å². The fourth-order valence-electron chi connectivity index (χ4n) is 2.97. The predicted octanol–water partition coefficient (Wildman–Crippen LogP) is 4.27. The molecule has 0 atom stereocenters. The molecule has 0 radical (unpaired) electrons. The Hall–Kier alpha value is -3.79. The lowest BCUT2D eigenvalue weighted by Gasteiger charge is -2.08. The zero-order valence-electron chi connectivity index (χ0n) is 16.0. The first kappa shape index (κ1) is 20.9. The van der Waals surface area contributed by atoms with Crippen molar-refractivity contribution < 1.29 is 14.6 Å². The minimum atomic E-state index is -0.629. The molecule has 0 fully saturated rings. The third-order valence-electron chi connectivity index (χ3n) is 4.48. The molecule has 3 aromatic rings. The van der Waals surface area contributed by atoms with E-state index >= 15 is 0 Å². The molecule has 2 aromatic carbocycles. The fourth-order valence-corrected chi connectivity index (χ4v) is 3.16. The van der Waals surface area contributed by atoms with Gasteiger partial charge in [-0.15, -0.1) is 0 Å². The summed E-state index contributed by atoms with van der Waals surface area (Å²) in [6.45, 7) is 3.52. The Bertz CT molecular complexity index is 1160. The highest BCUT2D eigenvalue weighted by Crippen LogP contribution is 2.27. The number of aryl methyl sites for hydroxylation is 1. The van der Waals surface area contributed by atoms with Gasteiger partial charge in [0.2, 0.25) is 0 Å². The van der Waals surface area contributed by atoms with Gasteiger partial charge in [-0.1, -0.05) is 23.7 Å². The molecule has 1 aromatic heterocycles. The quantitative estimate of drug-likeness (QED) is 0.459. The number of nitro benzene ring substituents is 1. The van der Waals surface area contributed by atoms with Crippen molar-refractivity contribution in [3.63, 3.8) is 0 Å². The Morgan fingerprint density at radius 1 is 1.10 bits per heavy atom. The first-order valence-corrected chi connectivity index (χ1v) is 9.07. The van der Waals surface area contributed by atoms with Crippen LogP contribution in [0.3, 0.4) is 0 Å². The van der Waals surface area contributed by atoms with E-state index in [0.29, 0.717) is 23.5 Å². The lowest BCUT2D eigenvalue weighted by molar-refractivity contribution is -0.386. The number of hydrogen-bond donors (Lipinski definition) is 1. The Kier molecular flexibility index (Phi) is 5.79. The summed E-state index contributed by atoms with van der Waals surface area (Å²) >= 11 is 5.77. The molecular weight excluding hydrogens is 414 g/mol. The van der Waals surface area contributed by atoms with Gasteiger partial charge in [0.15, 0.2) is 0 Å². The van der Waals surface area contributed by atoms with E-state index in [4.69, 9.17) is 11.6 Å². The largest absolute Gasteiger partial charge is 0.322 e. The number of nitrogens with one attached hydrogen (secondary N) is 1. The van der Waals surface area contributed by atoms with E-state index in [9.17, 15) is 25.0 Å². The van der Waals surface area contributed by atoms with Gasteiger partial charge in [-0.05, 0) is 43.7 Å². The second-order valence-electron chi connectivity index (χ2n) is 6.51. The van der Waals surface area contributed by atoms with Crippen LogP contribution in [0, 0.1) is 34.1 Å². The number of hydrogen-bond acceptors (Lipinski definition) is 6. The smallest absolute Gasteiger partial charge is 0.312 e. The monoisotopic (exact) mass is 429 g/mol. The Morgan fingerprint density at radius 2 is 1.77 bits per heavy atom. The van der Waals surface area contributed by atoms with Crippen molar-refractivity contribution in [3.8, 4) is 0 Å². The molecule has 1 heterocycles. The summed E-state index contributed by atoms with van der Waals surface area (Å²) in [4.78, 5) is 33.4. The summed E-state index contributed by atoms with van der Waals surface area (Å²) in [7, 11) is 0. The van der Waals surface area contributed by atoms with Crippen LogP contribution in [0.15, 0.2) is 42.5 Å². The zero-order chi connectivity index (χ0) is 22.0. The maximum absolute atomic E-state index is 12.4. The summed E-state index contributed by atoms with van der Waals surface area (Å²) < 4.78 is 1.54. The lowest BCUT2D eigenvalue weighted by atomic mass is 10.1. The third kappa shape index (κ3) is 4.28. The van der Waals surface area contributed by atoms with E-state index in [2.05, 4.69) is 10.4 Å². The van der Waals surface area contributed by atoms with Crippen molar-refractivity contribution in [3.05, 3.63) is 90.2 Å². The zero-order valence-corrected chi connectivity index (χ0v) is 16.7. The van der Waals surface area contributed by atoms with Crippen LogP contribution >= 0.6 is 11.6 Å². The number of nitro groups is 2. The average molecular weight is 430 g/mol. The number of carbonyl (C=O) groups is 1. The summed E-state index contributed by atoms with van der Waals surface area (Å²) in [5.41, 5.74) is 1.86. The van der Waals surface area contributed by atoms with Crippen LogP contribution in [0.25, 0.3) is 0 Å². The molecule has 30 heavy (non-hydrogen) atoms. The van der Waals surface area contributed by atoms with Crippen LogP contribution in [0.5, 0.6) is 0 Å². The average Bonchev–Trinajstić information content (AvgIpc) is 2.96. The summed E-state index contributed by atoms with van der Waals surface area (Å²) in [5.74, 6) is -0.445. The maximum Gasteiger partial charge on any atom is 0.312 e. The second-order valence-corrected chi connectivity index (χ2v) is 6.92. The molecule has 0 spiro atoms. The van der Waals surface area contributed by atoms with E-state index in [0.717, 1.165) is 5.56 Å². The van der Waals surface area contributed by atoms with Crippen molar-refractivity contribution in [2.24, 2.45) is 0 Å². The third-order valence-corrected chi connectivity index (χ3v) is 4.79. The Morgan fingerprint density at radius 3 is 2.33 bits per heavy atom. The van der Waals surface area contributed by atoms with Gasteiger partial charge in [0.05, 0.1) is 16.4 Å². The molecule has 0 bridgehead atoms. The summed E-state index contributed by atoms with van der Waals surface area (Å²) in [5, 5.41) is 28.8. The maximum atomic E-state index is 12.4. The van der Waals surface area contributed by atoms with Gasteiger partial charge in [0.1, 0.15) is 16.4 Å². The molecule has 10 nitrogen and oxygen atoms in total. The number of carbonyl (C=O) groups excluding carboxylic acids is 1. The number of nitrogens with zero attached hydrogens (tertiary/aromatic N) is 4. The molecule has 11 heteroatoms. The molecule has 0 aliphatic rings. The fraction of sp³-hybridized carbons (Fsp3) is 0.158. The van der Waals surface area contributed by atoms with Crippen LogP contribution in [-0.2, 0) is 6.54 Å². The van der Waals surface area contributed by atoms with E-state index in [1.807, 2.05) is 0 Å². The highest BCUT2D eigenvalue weighted by Gasteiger charge is 2.21. The molecule has 1 amide bonds. The van der Waals surface area contributed by atoms with Gasteiger partial charge in [0, 0.05) is 17.3 Å². The van der Waals surface area contributed by atoms with Gasteiger partial charge >= 0.3 is 5.69 Å². The van der Waals surface area contributed by atoms with E-state index in [1.165, 1.54) is 22.9 Å². The Labute approximate surface area is 175 Å². The first-order valence-electron chi connectivity index (χ1n) is 8.70. The number of amides is 1. The number of rotatable bonds is 6. The number of halogens is 1. The topological polar surface area (TPSA) is 133 Å². The normalized spacial score (nSPS) is 10.6. The molecule has 0 unspecified atom stereocenters. The lowest BCUT2D eigenvalue weighted by Crippen LogP contribution is -2.12. The van der Waals surface area contributed by atoms with E-state index < -0.39 is 15.8 Å². The van der Waals surface area contributed by atoms with E-state index in [1.54, 1.807) is 38.1 Å². The molecule has 154 valence electrons. The van der Waals surface area contributed by atoms with Gasteiger partial charge in [-0.3, -0.25) is 29.7 Å². The highest BCUT2D eigenvalue weighted by molar-refractivity contribution is 6.32. The van der Waals surface area contributed by atoms with Gasteiger partial charge in [-0.2, -0.15) is 5.10 Å². The standard InChI is InChI=1S/C19H16ClN5O5/c1-11-18(25(29)30)12(2)23(22-11)10-13-3-5-14(6-4-13)19(26)21-15-7-8-16(20)17(9-15)24(27)28/h3-9H,10H2,1-2H3,(H,21,26). The number of aromatic nitrogens is 2. The molecule has 0 saturated carbocycles. The van der Waals surface area contributed by atoms with Gasteiger partial charge in [-0.25, -0.2) is 0 Å². The van der Waals surface area contributed by atoms with Gasteiger partial charge in [0.25, 0.3) is 11.6 Å². The molecule has 0 aliphatic carbocycles. The van der Waals surface area contributed by atoms with Crippen LogP contribution in [0.2, 0.25) is 5.02 Å². The number of anilines is 1. The SMILES string of the molecule is Cc1nn(Cc2ccc(C(=O)Nc3ccc(Cl)c([N+](=O)[O-])c3)cc2)c(C)c1[N+](=O)[O-]. The first-order chi connectivity index (χ1) is 14.2. The molecule has 3 rings (SSSR count). The van der Waals surface area contributed by atoms with Crippen molar-refractivity contribution in [2.75, 3.05) is 5.32 Å². The Balaban J connectivity index is 1.74. The predicted molar refractivity (Wildman–Crippen MR) is 110 cm³/mol. The molecule has 1 N–H and O–H groups in total. The van der Waals surface area contributed by atoms with E-state index in [-0.39, 0.29) is 22.1 Å². The van der Waals surface area contributed by atoms with Crippen LogP contribution in [-0.4, -0.2) is 25.5 Å². The van der Waals surface area contributed by atoms with Crippen molar-refractivity contribution in [2.45, 2.75) is 20.4 Å². The van der Waals surface area contributed by atoms with Crippen molar-refractivity contribution in [1.29, 1.82) is 0 Å². The molecule has 0 aliphatic heterocycles. The second kappa shape index (κ2) is 8.29. The van der Waals surface area contributed by atoms with Crippen LogP contribution in [0.4, 0.5) is 17.1 Å². The minimum absolute atomic E-state index is 0.0111. The van der Waals surface area contributed by atoms with Crippen LogP contribution in [0.1, 0.15) is 27.3 Å². The summed E-state index contributed by atoms with van der Waals surface area (Å²) in [6, 6.07) is 10.6. The van der Waals surface area contributed by atoms with Gasteiger partial charge < -0.3 is 5.32 Å². The number of benzene rings is 2. The minimum Gasteiger partial charge on any atom is -0.322 e. The highest BCUT2D eigenvalue weighted by atomic mass is 35.5. The summed E-state index contributed by atoms with van der Waals surface area (Å²) in [6.07, 6.45) is 0. The van der Waals surface area contributed by atoms with Crippen molar-refractivity contribution >= 4 is 34.6 Å².